The smallest absolute Gasteiger partial charge is 0.257 e. The highest BCUT2D eigenvalue weighted by molar-refractivity contribution is 5.94. The van der Waals surface area contributed by atoms with Gasteiger partial charge in [0.1, 0.15) is 23.0 Å². The third-order valence-corrected chi connectivity index (χ3v) is 4.02. The van der Waals surface area contributed by atoms with E-state index in [9.17, 15) is 23.1 Å². The fourth-order valence-electron chi connectivity index (χ4n) is 2.57. The van der Waals surface area contributed by atoms with E-state index in [1.54, 1.807) is 0 Å². The zero-order valence-electron chi connectivity index (χ0n) is 11.8. The van der Waals surface area contributed by atoms with Crippen LogP contribution in [0.25, 0.3) is 0 Å². The predicted octanol–water partition coefficient (Wildman–Crippen LogP) is 2.77. The Balaban J connectivity index is 2.02. The van der Waals surface area contributed by atoms with E-state index in [4.69, 9.17) is 0 Å². The fraction of sp³-hybridized carbons (Fsp3) is 0.533. The van der Waals surface area contributed by atoms with Gasteiger partial charge in [-0.05, 0) is 31.6 Å². The lowest BCUT2D eigenvalue weighted by Crippen LogP contribution is -2.45. The summed E-state index contributed by atoms with van der Waals surface area (Å²) >= 11 is 0. The van der Waals surface area contributed by atoms with Crippen LogP contribution in [0.3, 0.4) is 0 Å². The van der Waals surface area contributed by atoms with Crippen molar-refractivity contribution in [1.82, 2.24) is 5.32 Å². The summed E-state index contributed by atoms with van der Waals surface area (Å²) in [6.45, 7) is 2.01. The lowest BCUT2D eigenvalue weighted by molar-refractivity contribution is -0.00547. The first-order valence-corrected chi connectivity index (χ1v) is 6.96. The van der Waals surface area contributed by atoms with Gasteiger partial charge in [-0.25, -0.2) is 13.2 Å². The molecule has 0 aromatic heterocycles. The lowest BCUT2D eigenvalue weighted by Gasteiger charge is -2.34. The average molecular weight is 301 g/mol. The first kappa shape index (κ1) is 15.8. The Morgan fingerprint density at radius 2 is 1.81 bits per heavy atom. The highest BCUT2D eigenvalue weighted by Gasteiger charge is 2.32. The van der Waals surface area contributed by atoms with E-state index in [2.05, 4.69) is 12.2 Å². The number of hydrogen-bond donors (Lipinski definition) is 2. The molecule has 0 bridgehead atoms. The zero-order chi connectivity index (χ0) is 15.6. The molecule has 21 heavy (non-hydrogen) atoms. The molecule has 0 radical (unpaired) electrons. The molecule has 3 nitrogen and oxygen atoms in total. The summed E-state index contributed by atoms with van der Waals surface area (Å²) in [5.74, 6) is -4.06. The minimum atomic E-state index is -1.26. The van der Waals surface area contributed by atoms with Crippen molar-refractivity contribution in [3.63, 3.8) is 0 Å². The SMILES string of the molecule is CC1CCC(O)(CNC(=O)c2c(F)cc(F)cc2F)CC1. The van der Waals surface area contributed by atoms with Crippen molar-refractivity contribution in [1.29, 1.82) is 0 Å². The van der Waals surface area contributed by atoms with Gasteiger partial charge >= 0.3 is 0 Å². The largest absolute Gasteiger partial charge is 0.388 e. The first-order valence-electron chi connectivity index (χ1n) is 6.96. The number of carbonyl (C=O) groups is 1. The molecule has 0 saturated heterocycles. The number of hydrogen-bond acceptors (Lipinski definition) is 2. The van der Waals surface area contributed by atoms with Crippen molar-refractivity contribution < 1.29 is 23.1 Å². The minimum absolute atomic E-state index is 0.0746. The second kappa shape index (κ2) is 6.05. The van der Waals surface area contributed by atoms with Crippen molar-refractivity contribution in [2.24, 2.45) is 5.92 Å². The maximum atomic E-state index is 13.5. The van der Waals surface area contributed by atoms with E-state index in [1.807, 2.05) is 0 Å². The summed E-state index contributed by atoms with van der Waals surface area (Å²) in [6.07, 6.45) is 2.74. The van der Waals surface area contributed by atoms with Gasteiger partial charge in [-0.2, -0.15) is 0 Å². The molecule has 0 spiro atoms. The molecule has 1 aromatic carbocycles. The van der Waals surface area contributed by atoms with Gasteiger partial charge in [0.25, 0.3) is 5.91 Å². The molecule has 1 aliphatic rings. The summed E-state index contributed by atoms with van der Waals surface area (Å²) in [4.78, 5) is 11.8. The molecule has 0 atom stereocenters. The minimum Gasteiger partial charge on any atom is -0.388 e. The summed E-state index contributed by atoms with van der Waals surface area (Å²) in [6, 6.07) is 0.907. The van der Waals surface area contributed by atoms with Crippen LogP contribution < -0.4 is 5.32 Å². The van der Waals surface area contributed by atoms with Crippen LogP contribution in [0.2, 0.25) is 0 Å². The Hall–Kier alpha value is -1.56. The van der Waals surface area contributed by atoms with E-state index in [1.165, 1.54) is 0 Å². The highest BCUT2D eigenvalue weighted by atomic mass is 19.1. The Bertz CT molecular complexity index is 517. The fourth-order valence-corrected chi connectivity index (χ4v) is 2.57. The van der Waals surface area contributed by atoms with E-state index in [0.717, 1.165) is 12.8 Å². The number of rotatable bonds is 3. The third-order valence-electron chi connectivity index (χ3n) is 4.02. The van der Waals surface area contributed by atoms with Crippen LogP contribution in [0.4, 0.5) is 13.2 Å². The summed E-state index contributed by atoms with van der Waals surface area (Å²) in [7, 11) is 0. The second-order valence-electron chi connectivity index (χ2n) is 5.83. The number of nitrogens with one attached hydrogen (secondary N) is 1. The molecule has 1 aromatic rings. The maximum Gasteiger partial charge on any atom is 0.257 e. The molecule has 6 heteroatoms. The number of aliphatic hydroxyl groups is 1. The monoisotopic (exact) mass is 301 g/mol. The summed E-state index contributed by atoms with van der Waals surface area (Å²) in [5.41, 5.74) is -1.88. The Kier molecular flexibility index (Phi) is 4.56. The highest BCUT2D eigenvalue weighted by Crippen LogP contribution is 2.31. The topological polar surface area (TPSA) is 49.3 Å². The molecular formula is C15H18F3NO2. The van der Waals surface area contributed by atoms with Crippen LogP contribution in [-0.4, -0.2) is 23.2 Å². The van der Waals surface area contributed by atoms with Crippen LogP contribution in [0, 0.1) is 23.4 Å². The number of carbonyl (C=O) groups excluding carboxylic acids is 1. The van der Waals surface area contributed by atoms with Crippen LogP contribution in [-0.2, 0) is 0 Å². The molecule has 0 aliphatic heterocycles. The molecule has 1 aliphatic carbocycles. The molecule has 1 saturated carbocycles. The van der Waals surface area contributed by atoms with Gasteiger partial charge < -0.3 is 10.4 Å². The summed E-state index contributed by atoms with van der Waals surface area (Å²) in [5, 5.41) is 12.6. The number of halogens is 3. The van der Waals surface area contributed by atoms with Gasteiger partial charge in [-0.1, -0.05) is 6.92 Å². The normalized spacial score (nSPS) is 25.7. The second-order valence-corrected chi connectivity index (χ2v) is 5.83. The third kappa shape index (κ3) is 3.75. The zero-order valence-corrected chi connectivity index (χ0v) is 11.8. The van der Waals surface area contributed by atoms with E-state index in [0.29, 0.717) is 30.9 Å². The van der Waals surface area contributed by atoms with Crippen molar-refractivity contribution in [3.8, 4) is 0 Å². The molecule has 2 rings (SSSR count). The van der Waals surface area contributed by atoms with Gasteiger partial charge in [0.15, 0.2) is 0 Å². The van der Waals surface area contributed by atoms with Crippen molar-refractivity contribution in [2.75, 3.05) is 6.54 Å². The molecule has 0 heterocycles. The van der Waals surface area contributed by atoms with Crippen molar-refractivity contribution >= 4 is 5.91 Å². The van der Waals surface area contributed by atoms with Crippen LogP contribution in [0.15, 0.2) is 12.1 Å². The summed E-state index contributed by atoms with van der Waals surface area (Å²) < 4.78 is 39.7. The van der Waals surface area contributed by atoms with Gasteiger partial charge in [0, 0.05) is 18.7 Å². The molecule has 1 amide bonds. The van der Waals surface area contributed by atoms with Crippen molar-refractivity contribution in [3.05, 3.63) is 35.1 Å². The Morgan fingerprint density at radius 3 is 2.33 bits per heavy atom. The van der Waals surface area contributed by atoms with Crippen molar-refractivity contribution in [2.45, 2.75) is 38.2 Å². The van der Waals surface area contributed by atoms with Gasteiger partial charge in [-0.15, -0.1) is 0 Å². The predicted molar refractivity (Wildman–Crippen MR) is 71.2 cm³/mol. The number of benzene rings is 1. The standard InChI is InChI=1S/C15H18F3NO2/c1-9-2-4-15(21,5-3-9)8-19-14(20)13-11(17)6-10(16)7-12(13)18/h6-7,9,21H,2-5,8H2,1H3,(H,19,20). The Labute approximate surface area is 121 Å². The van der Waals surface area contributed by atoms with E-state index in [-0.39, 0.29) is 6.54 Å². The van der Waals surface area contributed by atoms with Gasteiger partial charge in [-0.3, -0.25) is 4.79 Å². The van der Waals surface area contributed by atoms with Crippen LogP contribution in [0.1, 0.15) is 43.0 Å². The van der Waals surface area contributed by atoms with Crippen LogP contribution >= 0.6 is 0 Å². The quantitative estimate of drug-likeness (QED) is 0.902. The van der Waals surface area contributed by atoms with Crippen LogP contribution in [0.5, 0.6) is 0 Å². The average Bonchev–Trinajstić information content (AvgIpc) is 2.39. The lowest BCUT2D eigenvalue weighted by atomic mass is 9.79. The molecule has 116 valence electrons. The Morgan fingerprint density at radius 1 is 1.29 bits per heavy atom. The van der Waals surface area contributed by atoms with E-state index >= 15 is 0 Å². The molecule has 0 unspecified atom stereocenters. The molecule has 2 N–H and O–H groups in total. The van der Waals surface area contributed by atoms with Gasteiger partial charge in [0.2, 0.25) is 0 Å². The molecule has 1 fully saturated rings. The van der Waals surface area contributed by atoms with E-state index < -0.39 is 34.5 Å². The first-order chi connectivity index (χ1) is 9.81. The molecular weight excluding hydrogens is 283 g/mol. The maximum absolute atomic E-state index is 13.5. The number of amides is 1. The van der Waals surface area contributed by atoms with Gasteiger partial charge in [0.05, 0.1) is 5.60 Å².